The number of hydrogen-bond acceptors (Lipinski definition) is 5. The van der Waals surface area contributed by atoms with Crippen molar-refractivity contribution in [1.82, 2.24) is 4.90 Å². The highest BCUT2D eigenvalue weighted by Crippen LogP contribution is 2.05. The van der Waals surface area contributed by atoms with Crippen molar-refractivity contribution in [2.24, 2.45) is 0 Å². The van der Waals surface area contributed by atoms with Crippen LogP contribution in [-0.4, -0.2) is 66.2 Å². The van der Waals surface area contributed by atoms with Gasteiger partial charge in [0.2, 0.25) is 0 Å². The molecule has 0 aromatic carbocycles. The van der Waals surface area contributed by atoms with Gasteiger partial charge in [-0.05, 0) is 19.4 Å². The zero-order valence-electron chi connectivity index (χ0n) is 9.54. The monoisotopic (exact) mass is 255 g/mol. The second-order valence-electron chi connectivity index (χ2n) is 3.64. The maximum atomic E-state index is 10.5. The van der Waals surface area contributed by atoms with E-state index in [-0.39, 0.29) is 31.4 Å². The first-order valence-electron chi connectivity index (χ1n) is 5.35. The van der Waals surface area contributed by atoms with Gasteiger partial charge in [-0.1, -0.05) is 6.92 Å². The average molecular weight is 255 g/mol. The molecule has 0 saturated heterocycles. The van der Waals surface area contributed by atoms with Crippen LogP contribution in [0.5, 0.6) is 0 Å². The maximum absolute atomic E-state index is 10.5. The van der Waals surface area contributed by atoms with Gasteiger partial charge in [0.15, 0.2) is 0 Å². The van der Waals surface area contributed by atoms with Gasteiger partial charge in [0.1, 0.15) is 0 Å². The first-order chi connectivity index (χ1) is 7.44. The molecule has 16 heavy (non-hydrogen) atoms. The molecule has 0 aromatic rings. The molecule has 0 aliphatic rings. The van der Waals surface area contributed by atoms with Crippen molar-refractivity contribution in [2.45, 2.75) is 25.8 Å². The largest absolute Gasteiger partial charge is 0.395 e. The highest BCUT2D eigenvalue weighted by Gasteiger charge is 2.16. The van der Waals surface area contributed by atoms with Crippen LogP contribution < -0.4 is 0 Å². The quantitative estimate of drug-likeness (QED) is 0.473. The van der Waals surface area contributed by atoms with Crippen molar-refractivity contribution in [3.63, 3.8) is 0 Å². The zero-order valence-corrected chi connectivity index (χ0v) is 10.4. The second kappa shape index (κ2) is 7.97. The summed E-state index contributed by atoms with van der Waals surface area (Å²) >= 11 is 0. The van der Waals surface area contributed by atoms with E-state index in [4.69, 9.17) is 14.8 Å². The summed E-state index contributed by atoms with van der Waals surface area (Å²) in [5.41, 5.74) is 0. The van der Waals surface area contributed by atoms with Gasteiger partial charge in [-0.15, -0.1) is 0 Å². The molecular formula is C9H21NO5S. The molecule has 0 radical (unpaired) electrons. The van der Waals surface area contributed by atoms with E-state index < -0.39 is 10.1 Å². The Bertz CT molecular complexity index is 263. The third kappa shape index (κ3) is 7.13. The molecule has 0 rings (SSSR count). The fourth-order valence-corrected chi connectivity index (χ4v) is 2.05. The minimum atomic E-state index is -3.93. The van der Waals surface area contributed by atoms with E-state index in [2.05, 4.69) is 0 Å². The number of hydrogen-bond donors (Lipinski definition) is 3. The lowest BCUT2D eigenvalue weighted by Gasteiger charge is -2.28. The summed E-state index contributed by atoms with van der Waals surface area (Å²) in [6, 6.07) is -0.0754. The van der Waals surface area contributed by atoms with Gasteiger partial charge >= 0.3 is 0 Å². The molecule has 0 aliphatic carbocycles. The van der Waals surface area contributed by atoms with Crippen LogP contribution in [0.25, 0.3) is 0 Å². The van der Waals surface area contributed by atoms with Gasteiger partial charge in [0, 0.05) is 12.6 Å². The number of aliphatic hydroxyl groups is 2. The molecular weight excluding hydrogens is 234 g/mol. The minimum Gasteiger partial charge on any atom is -0.395 e. The van der Waals surface area contributed by atoms with Crippen molar-refractivity contribution >= 4 is 10.1 Å². The number of rotatable bonds is 9. The standard InChI is InChI=1S/C9H21NO5S/c1-2-9(8-12)10(5-6-11)4-3-7-16(13,14)15/h9,11-12H,2-8H2,1H3,(H,13,14,15). The SMILES string of the molecule is CCC(CO)N(CCO)CCCS(=O)(=O)O. The molecule has 0 bridgehead atoms. The third-order valence-corrected chi connectivity index (χ3v) is 3.24. The van der Waals surface area contributed by atoms with Gasteiger partial charge in [0.05, 0.1) is 19.0 Å². The van der Waals surface area contributed by atoms with Crippen molar-refractivity contribution in [1.29, 1.82) is 0 Å². The molecule has 0 fully saturated rings. The van der Waals surface area contributed by atoms with Crippen LogP contribution in [0, 0.1) is 0 Å². The van der Waals surface area contributed by atoms with Crippen LogP contribution >= 0.6 is 0 Å². The highest BCUT2D eigenvalue weighted by atomic mass is 32.2. The van der Waals surface area contributed by atoms with Crippen LogP contribution in [0.1, 0.15) is 19.8 Å². The average Bonchev–Trinajstić information content (AvgIpc) is 2.17. The molecule has 3 N–H and O–H groups in total. The highest BCUT2D eigenvalue weighted by molar-refractivity contribution is 7.85. The first kappa shape index (κ1) is 15.8. The van der Waals surface area contributed by atoms with Gasteiger partial charge in [-0.3, -0.25) is 9.45 Å². The number of aliphatic hydroxyl groups excluding tert-OH is 2. The van der Waals surface area contributed by atoms with Crippen LogP contribution in [0.4, 0.5) is 0 Å². The molecule has 0 aliphatic heterocycles. The van der Waals surface area contributed by atoms with E-state index in [0.29, 0.717) is 13.1 Å². The molecule has 0 spiro atoms. The Kier molecular flexibility index (Phi) is 7.86. The van der Waals surface area contributed by atoms with Crippen LogP contribution in [0.3, 0.4) is 0 Å². The summed E-state index contributed by atoms with van der Waals surface area (Å²) in [5, 5.41) is 17.9. The van der Waals surface area contributed by atoms with Crippen LogP contribution in [0.2, 0.25) is 0 Å². The lowest BCUT2D eigenvalue weighted by molar-refractivity contribution is 0.0991. The molecule has 1 atom stereocenters. The summed E-state index contributed by atoms with van der Waals surface area (Å²) in [7, 11) is -3.93. The summed E-state index contributed by atoms with van der Waals surface area (Å²) in [5.74, 6) is -0.295. The summed E-state index contributed by atoms with van der Waals surface area (Å²) < 4.78 is 29.6. The molecule has 0 aromatic heterocycles. The fraction of sp³-hybridized carbons (Fsp3) is 1.00. The van der Waals surface area contributed by atoms with Crippen LogP contribution in [-0.2, 0) is 10.1 Å². The zero-order chi connectivity index (χ0) is 12.6. The fourth-order valence-electron chi connectivity index (χ4n) is 1.56. The van der Waals surface area contributed by atoms with Gasteiger partial charge in [-0.2, -0.15) is 8.42 Å². The Balaban J connectivity index is 4.12. The molecule has 0 amide bonds. The van der Waals surface area contributed by atoms with Gasteiger partial charge in [0.25, 0.3) is 10.1 Å². The van der Waals surface area contributed by atoms with Gasteiger partial charge in [-0.25, -0.2) is 0 Å². The Morgan fingerprint density at radius 3 is 2.25 bits per heavy atom. The molecule has 1 unspecified atom stereocenters. The Hall–Kier alpha value is -0.210. The van der Waals surface area contributed by atoms with Crippen molar-refractivity contribution in [3.8, 4) is 0 Å². The normalized spacial score (nSPS) is 14.3. The second-order valence-corrected chi connectivity index (χ2v) is 5.22. The Morgan fingerprint density at radius 1 is 1.25 bits per heavy atom. The van der Waals surface area contributed by atoms with E-state index in [0.717, 1.165) is 6.42 Å². The molecule has 7 heteroatoms. The van der Waals surface area contributed by atoms with E-state index in [1.54, 1.807) is 0 Å². The predicted molar refractivity (Wildman–Crippen MR) is 60.9 cm³/mol. The Morgan fingerprint density at radius 2 is 1.88 bits per heavy atom. The summed E-state index contributed by atoms with van der Waals surface area (Å²) in [6.07, 6.45) is 1.01. The van der Waals surface area contributed by atoms with Crippen molar-refractivity contribution < 1.29 is 23.2 Å². The van der Waals surface area contributed by atoms with Gasteiger partial charge < -0.3 is 10.2 Å². The molecule has 0 saturated carbocycles. The lowest BCUT2D eigenvalue weighted by atomic mass is 10.2. The van der Waals surface area contributed by atoms with E-state index in [9.17, 15) is 8.42 Å². The smallest absolute Gasteiger partial charge is 0.264 e. The molecule has 98 valence electrons. The van der Waals surface area contributed by atoms with Crippen molar-refractivity contribution in [2.75, 3.05) is 32.1 Å². The summed E-state index contributed by atoms with van der Waals surface area (Å²) in [4.78, 5) is 1.82. The third-order valence-electron chi connectivity index (χ3n) is 2.43. The molecule has 6 nitrogen and oxygen atoms in total. The van der Waals surface area contributed by atoms with E-state index in [1.807, 2.05) is 11.8 Å². The minimum absolute atomic E-state index is 0.0254. The predicted octanol–water partition coefficient (Wildman–Crippen LogP) is -0.670. The lowest BCUT2D eigenvalue weighted by Crippen LogP contribution is -2.40. The van der Waals surface area contributed by atoms with E-state index in [1.165, 1.54) is 0 Å². The van der Waals surface area contributed by atoms with Crippen molar-refractivity contribution in [3.05, 3.63) is 0 Å². The van der Waals surface area contributed by atoms with E-state index >= 15 is 0 Å². The summed E-state index contributed by atoms with van der Waals surface area (Å²) in [6.45, 7) is 2.67. The maximum Gasteiger partial charge on any atom is 0.264 e. The Labute approximate surface area is 96.6 Å². The van der Waals surface area contributed by atoms with Crippen LogP contribution in [0.15, 0.2) is 0 Å². The molecule has 0 heterocycles. The first-order valence-corrected chi connectivity index (χ1v) is 6.96. The number of nitrogens with zero attached hydrogens (tertiary/aromatic N) is 1. The topological polar surface area (TPSA) is 98.1 Å².